The molecule has 0 radical (unpaired) electrons. The molecule has 7 nitrogen and oxygen atoms in total. The number of carbonyl (C=O) groups is 1. The first-order chi connectivity index (χ1) is 12.5. The number of hydrogen-bond donors (Lipinski definition) is 0. The minimum absolute atomic E-state index is 0.0806. The monoisotopic (exact) mass is 382 g/mol. The second-order valence-corrected chi connectivity index (χ2v) is 9.44. The normalized spacial score (nSPS) is 20.9. The Labute approximate surface area is 156 Å². The lowest BCUT2D eigenvalue weighted by atomic mass is 9.86. The molecule has 0 unspecified atom stereocenters. The zero-order valence-electron chi connectivity index (χ0n) is 15.6. The number of imidazole rings is 1. The number of hydrogen-bond acceptors (Lipinski definition) is 4. The van der Waals surface area contributed by atoms with Crippen LogP contribution in [0.5, 0.6) is 0 Å². The average Bonchev–Trinajstić information content (AvgIpc) is 2.93. The van der Waals surface area contributed by atoms with E-state index in [1.54, 1.807) is 11.6 Å². The SMILES string of the molecule is Cn1cnc(S(=O)(=O)N2CCCN(C(=O)CCC3CCCCC3)CC2)c1. The Balaban J connectivity index is 1.53. The van der Waals surface area contributed by atoms with Crippen LogP contribution in [0.25, 0.3) is 0 Å². The van der Waals surface area contributed by atoms with E-state index in [9.17, 15) is 13.2 Å². The van der Waals surface area contributed by atoms with Crippen LogP contribution in [0, 0.1) is 5.92 Å². The van der Waals surface area contributed by atoms with Gasteiger partial charge in [0.2, 0.25) is 5.91 Å². The first kappa shape index (κ1) is 19.4. The van der Waals surface area contributed by atoms with Crippen molar-refractivity contribution in [2.75, 3.05) is 26.2 Å². The standard InChI is InChI=1S/C18H30N4O3S/c1-20-14-17(19-15-20)26(24,25)22-11-5-10-21(12-13-22)18(23)9-8-16-6-3-2-4-7-16/h14-16H,2-13H2,1H3. The Morgan fingerprint density at radius 1 is 1.12 bits per heavy atom. The molecule has 8 heteroatoms. The molecule has 0 N–H and O–H groups in total. The van der Waals surface area contributed by atoms with Crippen LogP contribution in [0.2, 0.25) is 0 Å². The summed E-state index contributed by atoms with van der Waals surface area (Å²) in [7, 11) is -1.83. The Kier molecular flexibility index (Phi) is 6.34. The molecule has 1 aliphatic heterocycles. The quantitative estimate of drug-likeness (QED) is 0.781. The van der Waals surface area contributed by atoms with Crippen LogP contribution in [0.3, 0.4) is 0 Å². The summed E-state index contributed by atoms with van der Waals surface area (Å²) in [6, 6.07) is 0. The highest BCUT2D eigenvalue weighted by Gasteiger charge is 2.29. The third-order valence-corrected chi connectivity index (χ3v) is 7.37. The Morgan fingerprint density at radius 2 is 1.88 bits per heavy atom. The van der Waals surface area contributed by atoms with Crippen molar-refractivity contribution in [2.24, 2.45) is 13.0 Å². The van der Waals surface area contributed by atoms with Crippen molar-refractivity contribution < 1.29 is 13.2 Å². The maximum atomic E-state index is 12.7. The number of aryl methyl sites for hydroxylation is 1. The lowest BCUT2D eigenvalue weighted by Crippen LogP contribution is -2.37. The maximum absolute atomic E-state index is 12.7. The highest BCUT2D eigenvalue weighted by atomic mass is 32.2. The molecule has 2 aliphatic rings. The van der Waals surface area contributed by atoms with E-state index in [1.165, 1.54) is 48.9 Å². The van der Waals surface area contributed by atoms with Crippen LogP contribution in [0.4, 0.5) is 0 Å². The highest BCUT2D eigenvalue weighted by Crippen LogP contribution is 2.27. The Morgan fingerprint density at radius 3 is 2.58 bits per heavy atom. The van der Waals surface area contributed by atoms with Crippen molar-refractivity contribution in [3.8, 4) is 0 Å². The number of carbonyl (C=O) groups excluding carboxylic acids is 1. The van der Waals surface area contributed by atoms with Crippen LogP contribution in [-0.2, 0) is 21.9 Å². The molecule has 1 saturated carbocycles. The molecular formula is C18H30N4O3S. The van der Waals surface area contributed by atoms with Crippen molar-refractivity contribution in [1.29, 1.82) is 0 Å². The molecule has 0 aromatic carbocycles. The largest absolute Gasteiger partial charge is 0.341 e. The van der Waals surface area contributed by atoms with Gasteiger partial charge in [0, 0.05) is 45.8 Å². The van der Waals surface area contributed by atoms with Crippen molar-refractivity contribution in [1.82, 2.24) is 18.8 Å². The van der Waals surface area contributed by atoms with Crippen LogP contribution in [0.1, 0.15) is 51.4 Å². The van der Waals surface area contributed by atoms with Gasteiger partial charge in [-0.3, -0.25) is 4.79 Å². The van der Waals surface area contributed by atoms with Gasteiger partial charge in [0.15, 0.2) is 5.03 Å². The minimum atomic E-state index is -3.58. The molecule has 146 valence electrons. The molecule has 26 heavy (non-hydrogen) atoms. The van der Waals surface area contributed by atoms with Gasteiger partial charge in [-0.15, -0.1) is 0 Å². The van der Waals surface area contributed by atoms with Crippen molar-refractivity contribution >= 4 is 15.9 Å². The third-order valence-electron chi connectivity index (χ3n) is 5.58. The predicted molar refractivity (Wildman–Crippen MR) is 99.0 cm³/mol. The molecule has 3 rings (SSSR count). The fourth-order valence-corrected chi connectivity index (χ4v) is 5.44. The zero-order valence-corrected chi connectivity index (χ0v) is 16.5. The Hall–Kier alpha value is -1.41. The molecule has 0 bridgehead atoms. The summed E-state index contributed by atoms with van der Waals surface area (Å²) in [4.78, 5) is 18.4. The van der Waals surface area contributed by atoms with Gasteiger partial charge in [-0.1, -0.05) is 32.1 Å². The molecule has 2 heterocycles. The Bertz CT molecular complexity index is 710. The second kappa shape index (κ2) is 8.52. The van der Waals surface area contributed by atoms with E-state index in [1.807, 2.05) is 4.90 Å². The lowest BCUT2D eigenvalue weighted by molar-refractivity contribution is -0.131. The van der Waals surface area contributed by atoms with Gasteiger partial charge in [-0.2, -0.15) is 4.31 Å². The molecule has 1 aromatic rings. The lowest BCUT2D eigenvalue weighted by Gasteiger charge is -2.24. The molecular weight excluding hydrogens is 352 g/mol. The van der Waals surface area contributed by atoms with Gasteiger partial charge in [0.05, 0.1) is 6.33 Å². The first-order valence-corrected chi connectivity index (χ1v) is 11.2. The van der Waals surface area contributed by atoms with Crippen molar-refractivity contribution in [3.05, 3.63) is 12.5 Å². The van der Waals surface area contributed by atoms with E-state index in [2.05, 4.69) is 4.98 Å². The van der Waals surface area contributed by atoms with Crippen LogP contribution in [0.15, 0.2) is 17.6 Å². The van der Waals surface area contributed by atoms with Crippen molar-refractivity contribution in [3.63, 3.8) is 0 Å². The summed E-state index contributed by atoms with van der Waals surface area (Å²) < 4.78 is 28.5. The van der Waals surface area contributed by atoms with Crippen molar-refractivity contribution in [2.45, 2.75) is 56.4 Å². The van der Waals surface area contributed by atoms with Gasteiger partial charge in [-0.25, -0.2) is 13.4 Å². The molecule has 0 atom stereocenters. The molecule has 1 aromatic heterocycles. The highest BCUT2D eigenvalue weighted by molar-refractivity contribution is 7.89. The molecule has 0 spiro atoms. The van der Waals surface area contributed by atoms with E-state index in [0.717, 1.165) is 6.42 Å². The first-order valence-electron chi connectivity index (χ1n) is 9.73. The fraction of sp³-hybridized carbons (Fsp3) is 0.778. The summed E-state index contributed by atoms with van der Waals surface area (Å²) in [5, 5.41) is 0.0806. The number of nitrogens with zero attached hydrogens (tertiary/aromatic N) is 4. The summed E-state index contributed by atoms with van der Waals surface area (Å²) >= 11 is 0. The van der Waals surface area contributed by atoms with E-state index in [0.29, 0.717) is 44.9 Å². The summed E-state index contributed by atoms with van der Waals surface area (Å²) in [5.41, 5.74) is 0. The van der Waals surface area contributed by atoms with Crippen LogP contribution < -0.4 is 0 Å². The van der Waals surface area contributed by atoms with E-state index in [-0.39, 0.29) is 10.9 Å². The van der Waals surface area contributed by atoms with Crippen LogP contribution >= 0.6 is 0 Å². The number of sulfonamides is 1. The van der Waals surface area contributed by atoms with Gasteiger partial charge >= 0.3 is 0 Å². The zero-order chi connectivity index (χ0) is 18.6. The molecule has 2 fully saturated rings. The predicted octanol–water partition coefficient (Wildman–Crippen LogP) is 2.00. The third kappa shape index (κ3) is 4.65. The summed E-state index contributed by atoms with van der Waals surface area (Å²) in [5.74, 6) is 0.869. The minimum Gasteiger partial charge on any atom is -0.341 e. The number of aromatic nitrogens is 2. The van der Waals surface area contributed by atoms with Gasteiger partial charge in [0.25, 0.3) is 10.0 Å². The fourth-order valence-electron chi connectivity index (χ4n) is 4.00. The molecule has 1 saturated heterocycles. The van der Waals surface area contributed by atoms with E-state index >= 15 is 0 Å². The summed E-state index contributed by atoms with van der Waals surface area (Å²) in [6.07, 6.45) is 11.7. The maximum Gasteiger partial charge on any atom is 0.262 e. The van der Waals surface area contributed by atoms with E-state index in [4.69, 9.17) is 0 Å². The van der Waals surface area contributed by atoms with Gasteiger partial charge in [-0.05, 0) is 18.8 Å². The van der Waals surface area contributed by atoms with E-state index < -0.39 is 10.0 Å². The summed E-state index contributed by atoms with van der Waals surface area (Å²) in [6.45, 7) is 1.88. The smallest absolute Gasteiger partial charge is 0.262 e. The van der Waals surface area contributed by atoms with Gasteiger partial charge < -0.3 is 9.47 Å². The number of amides is 1. The second-order valence-electron chi connectivity index (χ2n) is 7.56. The molecule has 1 amide bonds. The number of rotatable bonds is 5. The average molecular weight is 383 g/mol. The molecule has 1 aliphatic carbocycles. The topological polar surface area (TPSA) is 75.5 Å². The van der Waals surface area contributed by atoms with Gasteiger partial charge in [0.1, 0.15) is 0 Å². The van der Waals surface area contributed by atoms with Crippen LogP contribution in [-0.4, -0.2) is 59.3 Å².